The van der Waals surface area contributed by atoms with Gasteiger partial charge in [0.25, 0.3) is 0 Å². The number of Topliss-reactive ketones (excluding diaryl/α,β-unsaturated/α-hetero) is 1. The normalized spacial score (nSPS) is 17.6. The molecular weight excluding hydrogens is 276 g/mol. The number of carbonyl (C=O) groups excluding carboxylic acids is 1. The highest BCUT2D eigenvalue weighted by Gasteiger charge is 2.20. The van der Waals surface area contributed by atoms with Crippen LogP contribution in [0.15, 0.2) is 0 Å². The summed E-state index contributed by atoms with van der Waals surface area (Å²) in [6, 6.07) is 0.292. The molecule has 0 aliphatic carbocycles. The van der Waals surface area contributed by atoms with Gasteiger partial charge in [-0.2, -0.15) is 5.10 Å². The van der Waals surface area contributed by atoms with Crippen molar-refractivity contribution in [2.75, 3.05) is 19.6 Å². The first-order valence-electron chi connectivity index (χ1n) is 7.21. The summed E-state index contributed by atoms with van der Waals surface area (Å²) < 4.78 is 1.73. The Bertz CT molecular complexity index is 478. The number of likely N-dealkylation sites (tertiary alicyclic amines) is 1. The Morgan fingerprint density at radius 2 is 2.10 bits per heavy atom. The second-order valence-corrected chi connectivity index (χ2v) is 5.89. The Balaban J connectivity index is 1.93. The molecule has 1 aromatic rings. The number of piperidine rings is 1. The Morgan fingerprint density at radius 1 is 1.45 bits per heavy atom. The van der Waals surface area contributed by atoms with Crippen LogP contribution in [0.3, 0.4) is 0 Å². The highest BCUT2D eigenvalue weighted by atomic mass is 35.5. The molecule has 2 N–H and O–H groups in total. The van der Waals surface area contributed by atoms with E-state index in [9.17, 15) is 4.79 Å². The summed E-state index contributed by atoms with van der Waals surface area (Å²) in [6.45, 7) is 4.31. The van der Waals surface area contributed by atoms with E-state index >= 15 is 0 Å². The van der Waals surface area contributed by atoms with Crippen molar-refractivity contribution in [2.24, 2.45) is 12.8 Å². The number of nitrogens with two attached hydrogens (primary N) is 1. The number of hydrogen-bond donors (Lipinski definition) is 1. The molecule has 6 heteroatoms. The van der Waals surface area contributed by atoms with E-state index in [1.54, 1.807) is 4.68 Å². The van der Waals surface area contributed by atoms with Crippen LogP contribution in [0.1, 0.15) is 31.2 Å². The fourth-order valence-electron chi connectivity index (χ4n) is 2.61. The zero-order valence-electron chi connectivity index (χ0n) is 12.2. The van der Waals surface area contributed by atoms with Crippen molar-refractivity contribution in [1.29, 1.82) is 0 Å². The maximum atomic E-state index is 12.2. The van der Waals surface area contributed by atoms with E-state index in [-0.39, 0.29) is 5.78 Å². The molecule has 2 heterocycles. The zero-order valence-corrected chi connectivity index (χ0v) is 13.0. The second kappa shape index (κ2) is 6.70. The lowest BCUT2D eigenvalue weighted by molar-refractivity contribution is -0.119. The predicted octanol–water partition coefficient (Wildman–Crippen LogP) is 1.17. The van der Waals surface area contributed by atoms with Crippen LogP contribution in [0.4, 0.5) is 0 Å². The van der Waals surface area contributed by atoms with Crippen LogP contribution in [0, 0.1) is 0 Å². The average molecular weight is 299 g/mol. The van der Waals surface area contributed by atoms with Crippen molar-refractivity contribution in [3.63, 3.8) is 0 Å². The maximum absolute atomic E-state index is 12.2. The van der Waals surface area contributed by atoms with Crippen LogP contribution in [0.2, 0.25) is 5.02 Å². The van der Waals surface area contributed by atoms with E-state index in [2.05, 4.69) is 10.00 Å². The molecule has 0 saturated carbocycles. The Morgan fingerprint density at radius 3 is 2.65 bits per heavy atom. The molecule has 112 valence electrons. The molecule has 1 aromatic heterocycles. The minimum absolute atomic E-state index is 0.188. The molecule has 0 spiro atoms. The molecule has 0 unspecified atom stereocenters. The van der Waals surface area contributed by atoms with Gasteiger partial charge in [0, 0.05) is 26.2 Å². The summed E-state index contributed by atoms with van der Waals surface area (Å²) in [7, 11) is 1.84. The topological polar surface area (TPSA) is 64.2 Å². The first kappa shape index (κ1) is 15.5. The van der Waals surface area contributed by atoms with Crippen LogP contribution in [-0.2, 0) is 24.7 Å². The van der Waals surface area contributed by atoms with E-state index in [0.717, 1.165) is 43.7 Å². The molecule has 5 nitrogen and oxygen atoms in total. The monoisotopic (exact) mass is 298 g/mol. The van der Waals surface area contributed by atoms with Crippen molar-refractivity contribution >= 4 is 17.4 Å². The quantitative estimate of drug-likeness (QED) is 0.886. The number of ketones is 1. The highest BCUT2D eigenvalue weighted by Crippen LogP contribution is 2.21. The Labute approximate surface area is 125 Å². The summed E-state index contributed by atoms with van der Waals surface area (Å²) in [5.41, 5.74) is 7.55. The summed E-state index contributed by atoms with van der Waals surface area (Å²) in [4.78, 5) is 14.4. The third-order valence-corrected chi connectivity index (χ3v) is 4.34. The first-order valence-corrected chi connectivity index (χ1v) is 7.59. The van der Waals surface area contributed by atoms with E-state index in [1.807, 2.05) is 14.0 Å². The summed E-state index contributed by atoms with van der Waals surface area (Å²) >= 11 is 6.27. The number of carbonyl (C=O) groups is 1. The zero-order chi connectivity index (χ0) is 14.7. The van der Waals surface area contributed by atoms with Gasteiger partial charge in [-0.3, -0.25) is 14.4 Å². The van der Waals surface area contributed by atoms with Crippen molar-refractivity contribution in [3.8, 4) is 0 Å². The molecule has 0 aromatic carbocycles. The average Bonchev–Trinajstić information content (AvgIpc) is 2.69. The van der Waals surface area contributed by atoms with E-state index < -0.39 is 0 Å². The van der Waals surface area contributed by atoms with Gasteiger partial charge in [0.05, 0.1) is 29.4 Å². The first-order chi connectivity index (χ1) is 9.51. The molecule has 1 aliphatic rings. The van der Waals surface area contributed by atoms with Crippen molar-refractivity contribution in [3.05, 3.63) is 16.4 Å². The fourth-order valence-corrected chi connectivity index (χ4v) is 2.98. The highest BCUT2D eigenvalue weighted by molar-refractivity contribution is 6.32. The van der Waals surface area contributed by atoms with Gasteiger partial charge < -0.3 is 5.73 Å². The van der Waals surface area contributed by atoms with Crippen molar-refractivity contribution in [2.45, 2.75) is 38.6 Å². The molecular formula is C14H23ClN4O. The van der Waals surface area contributed by atoms with Gasteiger partial charge in [0.2, 0.25) is 0 Å². The molecule has 0 bridgehead atoms. The number of halogens is 1. The van der Waals surface area contributed by atoms with Crippen LogP contribution < -0.4 is 5.73 Å². The summed E-state index contributed by atoms with van der Waals surface area (Å²) in [5, 5.41) is 4.98. The Kier molecular flexibility index (Phi) is 5.18. The van der Waals surface area contributed by atoms with Gasteiger partial charge in [-0.05, 0) is 19.3 Å². The lowest BCUT2D eigenvalue weighted by Gasteiger charge is -2.29. The second-order valence-electron chi connectivity index (χ2n) is 5.51. The molecule has 1 fully saturated rings. The molecule has 20 heavy (non-hydrogen) atoms. The lowest BCUT2D eigenvalue weighted by atomic mass is 10.1. The largest absolute Gasteiger partial charge is 0.328 e. The summed E-state index contributed by atoms with van der Waals surface area (Å²) in [5.74, 6) is 0.188. The standard InChI is InChI=1S/C14H23ClN4O/c1-3-12-14(15)13(18(2)17-12)8-11(20)9-19-6-4-10(16)5-7-19/h10H,3-9,16H2,1-2H3. The van der Waals surface area contributed by atoms with E-state index in [1.165, 1.54) is 0 Å². The number of aromatic nitrogens is 2. The van der Waals surface area contributed by atoms with Crippen molar-refractivity contribution < 1.29 is 4.79 Å². The minimum atomic E-state index is 0.188. The molecule has 0 atom stereocenters. The van der Waals surface area contributed by atoms with Crippen LogP contribution in [-0.4, -0.2) is 46.1 Å². The van der Waals surface area contributed by atoms with E-state index in [4.69, 9.17) is 17.3 Å². The molecule has 0 radical (unpaired) electrons. The lowest BCUT2D eigenvalue weighted by Crippen LogP contribution is -2.42. The third kappa shape index (κ3) is 3.59. The number of rotatable bonds is 5. The number of aryl methyl sites for hydroxylation is 2. The van der Waals surface area contributed by atoms with Gasteiger partial charge in [-0.15, -0.1) is 0 Å². The fraction of sp³-hybridized carbons (Fsp3) is 0.714. The molecule has 1 saturated heterocycles. The minimum Gasteiger partial charge on any atom is -0.328 e. The number of hydrogen-bond acceptors (Lipinski definition) is 4. The van der Waals surface area contributed by atoms with Crippen LogP contribution >= 0.6 is 11.6 Å². The Hall–Kier alpha value is -0.910. The number of nitrogens with zero attached hydrogens (tertiary/aromatic N) is 3. The van der Waals surface area contributed by atoms with E-state index in [0.29, 0.717) is 24.0 Å². The maximum Gasteiger partial charge on any atom is 0.152 e. The van der Waals surface area contributed by atoms with Gasteiger partial charge >= 0.3 is 0 Å². The molecule has 2 rings (SSSR count). The van der Waals surface area contributed by atoms with Gasteiger partial charge in [-0.25, -0.2) is 0 Å². The summed E-state index contributed by atoms with van der Waals surface area (Å²) in [6.07, 6.45) is 3.08. The van der Waals surface area contributed by atoms with Gasteiger partial charge in [-0.1, -0.05) is 18.5 Å². The van der Waals surface area contributed by atoms with Gasteiger partial charge in [0.1, 0.15) is 0 Å². The molecule has 1 aliphatic heterocycles. The van der Waals surface area contributed by atoms with Crippen molar-refractivity contribution in [1.82, 2.24) is 14.7 Å². The molecule has 0 amide bonds. The smallest absolute Gasteiger partial charge is 0.152 e. The van der Waals surface area contributed by atoms with Crippen LogP contribution in [0.25, 0.3) is 0 Å². The van der Waals surface area contributed by atoms with Crippen LogP contribution in [0.5, 0.6) is 0 Å². The third-order valence-electron chi connectivity index (χ3n) is 3.90. The SMILES string of the molecule is CCc1nn(C)c(CC(=O)CN2CCC(N)CC2)c1Cl. The predicted molar refractivity (Wildman–Crippen MR) is 80.0 cm³/mol. The van der Waals surface area contributed by atoms with Gasteiger partial charge in [0.15, 0.2) is 5.78 Å².